The summed E-state index contributed by atoms with van der Waals surface area (Å²) in [4.78, 5) is 11.7. The van der Waals surface area contributed by atoms with Crippen LogP contribution in [-0.4, -0.2) is 27.8 Å². The number of amides is 1. The smallest absolute Gasteiger partial charge is 0.226 e. The van der Waals surface area contributed by atoms with E-state index in [2.05, 4.69) is 15.5 Å². The molecule has 6 heteroatoms. The first-order valence-electron chi connectivity index (χ1n) is 5.54. The number of carbonyl (C=O) groups excluding carboxylic acids is 1. The summed E-state index contributed by atoms with van der Waals surface area (Å²) in [5.41, 5.74) is 0.754. The number of hydrogen-bond acceptors (Lipinski definition) is 4. The number of hydrogen-bond donors (Lipinski definition) is 1. The number of aryl methyl sites for hydroxylation is 1. The van der Waals surface area contributed by atoms with Gasteiger partial charge in [-0.1, -0.05) is 0 Å². The van der Waals surface area contributed by atoms with Gasteiger partial charge in [0.05, 0.1) is 7.11 Å². The average molecular weight is 246 g/mol. The summed E-state index contributed by atoms with van der Waals surface area (Å²) in [6, 6.07) is 7.20. The number of nitrogens with one attached hydrogen (secondary N) is 1. The van der Waals surface area contributed by atoms with Crippen molar-refractivity contribution in [2.75, 3.05) is 12.4 Å². The Labute approximate surface area is 105 Å². The molecule has 0 aliphatic heterocycles. The van der Waals surface area contributed by atoms with Crippen LogP contribution in [0, 0.1) is 0 Å². The summed E-state index contributed by atoms with van der Waals surface area (Å²) >= 11 is 0. The topological polar surface area (TPSA) is 69.0 Å². The molecular formula is C12H14N4O2. The first-order chi connectivity index (χ1) is 8.78. The van der Waals surface area contributed by atoms with Gasteiger partial charge < -0.3 is 14.6 Å². The van der Waals surface area contributed by atoms with E-state index in [0.717, 1.165) is 11.4 Å². The zero-order valence-corrected chi connectivity index (χ0v) is 10.0. The van der Waals surface area contributed by atoms with Crippen molar-refractivity contribution in [3.63, 3.8) is 0 Å². The second kappa shape index (κ2) is 5.81. The normalized spacial score (nSPS) is 10.1. The molecule has 18 heavy (non-hydrogen) atoms. The van der Waals surface area contributed by atoms with E-state index in [1.165, 1.54) is 0 Å². The van der Waals surface area contributed by atoms with Gasteiger partial charge in [-0.2, -0.15) is 0 Å². The SMILES string of the molecule is COc1ccc(NC(=O)CCn2cnnc2)cc1. The monoisotopic (exact) mass is 246 g/mol. The van der Waals surface area contributed by atoms with Crippen molar-refractivity contribution in [1.29, 1.82) is 0 Å². The molecule has 1 amide bonds. The van der Waals surface area contributed by atoms with Crippen molar-refractivity contribution < 1.29 is 9.53 Å². The van der Waals surface area contributed by atoms with Gasteiger partial charge in [-0.25, -0.2) is 0 Å². The second-order valence-corrected chi connectivity index (χ2v) is 3.73. The fourth-order valence-corrected chi connectivity index (χ4v) is 1.47. The lowest BCUT2D eigenvalue weighted by molar-refractivity contribution is -0.116. The van der Waals surface area contributed by atoms with Crippen molar-refractivity contribution in [2.24, 2.45) is 0 Å². The lowest BCUT2D eigenvalue weighted by Gasteiger charge is -2.06. The highest BCUT2D eigenvalue weighted by Crippen LogP contribution is 2.15. The number of methoxy groups -OCH3 is 1. The van der Waals surface area contributed by atoms with Crippen LogP contribution in [0.2, 0.25) is 0 Å². The number of ether oxygens (including phenoxy) is 1. The summed E-state index contributed by atoms with van der Waals surface area (Å²) in [5, 5.41) is 10.1. The zero-order chi connectivity index (χ0) is 12.8. The van der Waals surface area contributed by atoms with Crippen molar-refractivity contribution >= 4 is 11.6 Å². The Morgan fingerprint density at radius 1 is 1.28 bits per heavy atom. The maximum Gasteiger partial charge on any atom is 0.226 e. The van der Waals surface area contributed by atoms with Crippen LogP contribution in [0.25, 0.3) is 0 Å². The number of carbonyl (C=O) groups is 1. The molecule has 0 saturated heterocycles. The van der Waals surface area contributed by atoms with E-state index >= 15 is 0 Å². The van der Waals surface area contributed by atoms with Crippen molar-refractivity contribution in [1.82, 2.24) is 14.8 Å². The molecule has 0 saturated carbocycles. The van der Waals surface area contributed by atoms with Gasteiger partial charge in [0.1, 0.15) is 18.4 Å². The minimum atomic E-state index is -0.0473. The van der Waals surface area contributed by atoms with Crippen molar-refractivity contribution in [3.8, 4) is 5.75 Å². The Balaban J connectivity index is 1.83. The highest BCUT2D eigenvalue weighted by atomic mass is 16.5. The third kappa shape index (κ3) is 3.31. The molecule has 0 aliphatic carbocycles. The molecule has 1 heterocycles. The molecular weight excluding hydrogens is 232 g/mol. The standard InChI is InChI=1S/C12H14N4O2/c1-18-11-4-2-10(3-5-11)15-12(17)6-7-16-8-13-14-9-16/h2-5,8-9H,6-7H2,1H3,(H,15,17). The van der Waals surface area contributed by atoms with E-state index in [1.807, 2.05) is 0 Å². The molecule has 0 bridgehead atoms. The largest absolute Gasteiger partial charge is 0.497 e. The minimum Gasteiger partial charge on any atom is -0.497 e. The highest BCUT2D eigenvalue weighted by molar-refractivity contribution is 5.90. The molecule has 94 valence electrons. The van der Waals surface area contributed by atoms with Gasteiger partial charge in [0, 0.05) is 18.7 Å². The van der Waals surface area contributed by atoms with E-state index < -0.39 is 0 Å². The number of rotatable bonds is 5. The van der Waals surface area contributed by atoms with Gasteiger partial charge in [0.15, 0.2) is 0 Å². The molecule has 0 spiro atoms. The zero-order valence-electron chi connectivity index (χ0n) is 10.0. The Morgan fingerprint density at radius 2 is 1.94 bits per heavy atom. The molecule has 1 aromatic heterocycles. The van der Waals surface area contributed by atoms with Gasteiger partial charge >= 0.3 is 0 Å². The molecule has 0 aliphatic rings. The first-order valence-corrected chi connectivity index (χ1v) is 5.54. The van der Waals surface area contributed by atoms with Crippen LogP contribution in [0.1, 0.15) is 6.42 Å². The lowest BCUT2D eigenvalue weighted by atomic mass is 10.3. The van der Waals surface area contributed by atoms with Gasteiger partial charge in [-0.3, -0.25) is 4.79 Å². The van der Waals surface area contributed by atoms with Crippen LogP contribution in [0.3, 0.4) is 0 Å². The maximum absolute atomic E-state index is 11.7. The van der Waals surface area contributed by atoms with Crippen LogP contribution in [0.4, 0.5) is 5.69 Å². The lowest BCUT2D eigenvalue weighted by Crippen LogP contribution is -2.13. The third-order valence-corrected chi connectivity index (χ3v) is 2.44. The molecule has 1 aromatic carbocycles. The second-order valence-electron chi connectivity index (χ2n) is 3.73. The molecule has 0 unspecified atom stereocenters. The van der Waals surface area contributed by atoms with E-state index in [1.54, 1.807) is 48.6 Å². The van der Waals surface area contributed by atoms with Gasteiger partial charge in [-0.15, -0.1) is 10.2 Å². The van der Waals surface area contributed by atoms with Gasteiger partial charge in [0.25, 0.3) is 0 Å². The van der Waals surface area contributed by atoms with Crippen LogP contribution >= 0.6 is 0 Å². The van der Waals surface area contributed by atoms with Gasteiger partial charge in [0.2, 0.25) is 5.91 Å². The van der Waals surface area contributed by atoms with Gasteiger partial charge in [-0.05, 0) is 24.3 Å². The average Bonchev–Trinajstić information content (AvgIpc) is 2.90. The number of anilines is 1. The van der Waals surface area contributed by atoms with Crippen molar-refractivity contribution in [2.45, 2.75) is 13.0 Å². The predicted molar refractivity (Wildman–Crippen MR) is 66.3 cm³/mol. The summed E-state index contributed by atoms with van der Waals surface area (Å²) in [6.07, 6.45) is 3.55. The Bertz CT molecular complexity index is 493. The molecule has 0 atom stereocenters. The summed E-state index contributed by atoms with van der Waals surface area (Å²) < 4.78 is 6.80. The van der Waals surface area contributed by atoms with E-state index in [-0.39, 0.29) is 5.91 Å². The van der Waals surface area contributed by atoms with E-state index in [0.29, 0.717) is 13.0 Å². The minimum absolute atomic E-state index is 0.0473. The summed E-state index contributed by atoms with van der Waals surface area (Å²) in [7, 11) is 1.60. The Kier molecular flexibility index (Phi) is 3.90. The number of benzene rings is 1. The molecule has 6 nitrogen and oxygen atoms in total. The fraction of sp³-hybridized carbons (Fsp3) is 0.250. The predicted octanol–water partition coefficient (Wildman–Crippen LogP) is 1.32. The Hall–Kier alpha value is -2.37. The van der Waals surface area contributed by atoms with Crippen LogP contribution in [0.15, 0.2) is 36.9 Å². The Morgan fingerprint density at radius 3 is 2.56 bits per heavy atom. The summed E-state index contributed by atoms with van der Waals surface area (Å²) in [6.45, 7) is 0.564. The molecule has 2 rings (SSSR count). The molecule has 0 fully saturated rings. The first kappa shape index (κ1) is 12.1. The molecule has 0 radical (unpaired) electrons. The quantitative estimate of drug-likeness (QED) is 0.863. The molecule has 2 aromatic rings. The number of nitrogens with zero attached hydrogens (tertiary/aromatic N) is 3. The van der Waals surface area contributed by atoms with E-state index in [4.69, 9.17) is 4.74 Å². The summed E-state index contributed by atoms with van der Waals surface area (Å²) in [5.74, 6) is 0.714. The third-order valence-electron chi connectivity index (χ3n) is 2.44. The van der Waals surface area contributed by atoms with Crippen LogP contribution in [-0.2, 0) is 11.3 Å². The van der Waals surface area contributed by atoms with Crippen LogP contribution in [0.5, 0.6) is 5.75 Å². The maximum atomic E-state index is 11.7. The fourth-order valence-electron chi connectivity index (χ4n) is 1.47. The van der Waals surface area contributed by atoms with Crippen LogP contribution < -0.4 is 10.1 Å². The van der Waals surface area contributed by atoms with Crippen molar-refractivity contribution in [3.05, 3.63) is 36.9 Å². The highest BCUT2D eigenvalue weighted by Gasteiger charge is 2.03. The van der Waals surface area contributed by atoms with E-state index in [9.17, 15) is 4.79 Å². The molecule has 1 N–H and O–H groups in total. The number of aromatic nitrogens is 3.